The Morgan fingerprint density at radius 3 is 2.90 bits per heavy atom. The van der Waals surface area contributed by atoms with Crippen molar-refractivity contribution in [2.45, 2.75) is 31.1 Å². The fourth-order valence-corrected chi connectivity index (χ4v) is 3.94. The van der Waals surface area contributed by atoms with Gasteiger partial charge < -0.3 is 10.1 Å². The molecule has 6 heteroatoms. The molecule has 0 saturated carbocycles. The van der Waals surface area contributed by atoms with Gasteiger partial charge in [0, 0.05) is 6.54 Å². The van der Waals surface area contributed by atoms with E-state index in [1.54, 1.807) is 12.1 Å². The van der Waals surface area contributed by atoms with E-state index >= 15 is 0 Å². The summed E-state index contributed by atoms with van der Waals surface area (Å²) in [6.07, 6.45) is 3.20. The van der Waals surface area contributed by atoms with Crippen molar-refractivity contribution >= 4 is 10.0 Å². The van der Waals surface area contributed by atoms with E-state index in [1.165, 1.54) is 20.0 Å². The summed E-state index contributed by atoms with van der Waals surface area (Å²) in [4.78, 5) is 0.215. The van der Waals surface area contributed by atoms with Crippen molar-refractivity contribution in [3.63, 3.8) is 0 Å². The summed E-state index contributed by atoms with van der Waals surface area (Å²) in [5.41, 5.74) is 0.896. The van der Waals surface area contributed by atoms with Crippen LogP contribution in [0.3, 0.4) is 0 Å². The number of benzene rings is 1. The van der Waals surface area contributed by atoms with Crippen molar-refractivity contribution in [2.24, 2.45) is 5.92 Å². The second kappa shape index (κ2) is 7.24. The Hall–Kier alpha value is -1.11. The first kappa shape index (κ1) is 16.3. The molecule has 1 unspecified atom stereocenters. The number of hydrogen-bond acceptors (Lipinski definition) is 4. The van der Waals surface area contributed by atoms with Crippen LogP contribution in [-0.4, -0.2) is 35.2 Å². The highest BCUT2D eigenvalue weighted by atomic mass is 32.2. The van der Waals surface area contributed by atoms with Crippen molar-refractivity contribution < 1.29 is 13.2 Å². The average molecular weight is 312 g/mol. The molecule has 1 aliphatic rings. The molecule has 1 aromatic carbocycles. The summed E-state index contributed by atoms with van der Waals surface area (Å²) in [7, 11) is -2.04. The van der Waals surface area contributed by atoms with Gasteiger partial charge in [-0.05, 0) is 62.9 Å². The van der Waals surface area contributed by atoms with Crippen molar-refractivity contribution in [3.8, 4) is 5.75 Å². The van der Waals surface area contributed by atoms with E-state index in [2.05, 4.69) is 10.0 Å². The first-order chi connectivity index (χ1) is 10.0. The normalized spacial score (nSPS) is 19.4. The second-order valence-corrected chi connectivity index (χ2v) is 7.29. The standard InChI is InChI=1S/C15H24N2O3S/c1-12-5-6-14(20-2)15(10-12)21(18,19)17-9-7-13-4-3-8-16-11-13/h5-6,10,13,16-17H,3-4,7-9,11H2,1-2H3. The van der Waals surface area contributed by atoms with E-state index in [9.17, 15) is 8.42 Å². The summed E-state index contributed by atoms with van der Waals surface area (Å²) in [6.45, 7) is 4.39. The topological polar surface area (TPSA) is 67.4 Å². The summed E-state index contributed by atoms with van der Waals surface area (Å²) < 4.78 is 32.6. The minimum Gasteiger partial charge on any atom is -0.495 e. The molecule has 1 heterocycles. The third-order valence-corrected chi connectivity index (χ3v) is 5.33. The molecule has 1 aliphatic heterocycles. The van der Waals surface area contributed by atoms with E-state index in [0.29, 0.717) is 18.2 Å². The van der Waals surface area contributed by atoms with Gasteiger partial charge >= 0.3 is 0 Å². The number of rotatable bonds is 6. The number of piperidine rings is 1. The Morgan fingerprint density at radius 2 is 2.24 bits per heavy atom. The van der Waals surface area contributed by atoms with Crippen molar-refractivity contribution in [1.29, 1.82) is 0 Å². The molecule has 5 nitrogen and oxygen atoms in total. The molecule has 0 amide bonds. The maximum Gasteiger partial charge on any atom is 0.244 e. The number of sulfonamides is 1. The van der Waals surface area contributed by atoms with Gasteiger partial charge in [0.25, 0.3) is 0 Å². The van der Waals surface area contributed by atoms with Gasteiger partial charge in [-0.3, -0.25) is 0 Å². The summed E-state index contributed by atoms with van der Waals surface area (Å²) in [5.74, 6) is 0.938. The maximum absolute atomic E-state index is 12.4. The number of methoxy groups -OCH3 is 1. The van der Waals surface area contributed by atoms with Crippen LogP contribution in [-0.2, 0) is 10.0 Å². The molecule has 0 aromatic heterocycles. The van der Waals surface area contributed by atoms with Crippen LogP contribution in [0.4, 0.5) is 0 Å². The van der Waals surface area contributed by atoms with Crippen LogP contribution in [0, 0.1) is 12.8 Å². The van der Waals surface area contributed by atoms with E-state index in [0.717, 1.165) is 25.1 Å². The van der Waals surface area contributed by atoms with Gasteiger partial charge in [-0.1, -0.05) is 6.07 Å². The third kappa shape index (κ3) is 4.43. The van der Waals surface area contributed by atoms with Crippen molar-refractivity contribution in [2.75, 3.05) is 26.7 Å². The lowest BCUT2D eigenvalue weighted by Gasteiger charge is -2.22. The monoisotopic (exact) mass is 312 g/mol. The molecule has 2 N–H and O–H groups in total. The van der Waals surface area contributed by atoms with Crippen LogP contribution in [0.2, 0.25) is 0 Å². The van der Waals surface area contributed by atoms with E-state index in [1.807, 2.05) is 13.0 Å². The number of ether oxygens (including phenoxy) is 1. The highest BCUT2D eigenvalue weighted by molar-refractivity contribution is 7.89. The predicted octanol–water partition coefficient (Wildman–Crippen LogP) is 1.67. The second-order valence-electron chi connectivity index (χ2n) is 5.55. The van der Waals surface area contributed by atoms with Crippen molar-refractivity contribution in [3.05, 3.63) is 23.8 Å². The SMILES string of the molecule is COc1ccc(C)cc1S(=O)(=O)NCCC1CCCNC1. The van der Waals surface area contributed by atoms with Crippen LogP contribution in [0.1, 0.15) is 24.8 Å². The molecule has 1 fully saturated rings. The van der Waals surface area contributed by atoms with Gasteiger partial charge in [0.2, 0.25) is 10.0 Å². The molecule has 0 aliphatic carbocycles. The quantitative estimate of drug-likeness (QED) is 0.838. The van der Waals surface area contributed by atoms with Crippen LogP contribution in [0.15, 0.2) is 23.1 Å². The first-order valence-corrected chi connectivity index (χ1v) is 8.86. The zero-order valence-electron chi connectivity index (χ0n) is 12.7. The number of hydrogen-bond donors (Lipinski definition) is 2. The van der Waals surface area contributed by atoms with Gasteiger partial charge in [0.1, 0.15) is 10.6 Å². The minimum absolute atomic E-state index is 0.215. The smallest absolute Gasteiger partial charge is 0.244 e. The molecular formula is C15H24N2O3S. The number of nitrogens with one attached hydrogen (secondary N) is 2. The van der Waals surface area contributed by atoms with Crippen LogP contribution in [0.5, 0.6) is 5.75 Å². The third-order valence-electron chi connectivity index (χ3n) is 3.85. The lowest BCUT2D eigenvalue weighted by molar-refractivity contribution is 0.358. The summed E-state index contributed by atoms with van der Waals surface area (Å²) >= 11 is 0. The molecular weight excluding hydrogens is 288 g/mol. The highest BCUT2D eigenvalue weighted by Crippen LogP contribution is 2.24. The number of aryl methyl sites for hydroxylation is 1. The zero-order valence-corrected chi connectivity index (χ0v) is 13.5. The van der Waals surface area contributed by atoms with Gasteiger partial charge in [-0.2, -0.15) is 0 Å². The van der Waals surface area contributed by atoms with E-state index < -0.39 is 10.0 Å². The van der Waals surface area contributed by atoms with Gasteiger partial charge in [0.05, 0.1) is 7.11 Å². The zero-order chi connectivity index (χ0) is 15.3. The molecule has 1 saturated heterocycles. The van der Waals surface area contributed by atoms with Gasteiger partial charge in [-0.15, -0.1) is 0 Å². The summed E-state index contributed by atoms with van der Waals surface area (Å²) in [5, 5.41) is 3.34. The molecule has 118 valence electrons. The van der Waals surface area contributed by atoms with Gasteiger partial charge in [-0.25, -0.2) is 13.1 Å². The predicted molar refractivity (Wildman–Crippen MR) is 83.1 cm³/mol. The molecule has 1 aromatic rings. The lowest BCUT2D eigenvalue weighted by atomic mass is 9.96. The Labute approximate surface area is 127 Å². The van der Waals surface area contributed by atoms with Crippen LogP contribution < -0.4 is 14.8 Å². The Balaban J connectivity index is 1.99. The molecule has 0 spiro atoms. The van der Waals surface area contributed by atoms with E-state index in [-0.39, 0.29) is 4.90 Å². The Bertz CT molecular complexity index is 566. The van der Waals surface area contributed by atoms with Crippen molar-refractivity contribution in [1.82, 2.24) is 10.0 Å². The lowest BCUT2D eigenvalue weighted by Crippen LogP contribution is -2.33. The molecule has 1 atom stereocenters. The maximum atomic E-state index is 12.4. The fourth-order valence-electron chi connectivity index (χ4n) is 2.64. The molecule has 0 radical (unpaired) electrons. The largest absolute Gasteiger partial charge is 0.495 e. The Morgan fingerprint density at radius 1 is 1.43 bits per heavy atom. The van der Waals surface area contributed by atoms with Gasteiger partial charge in [0.15, 0.2) is 0 Å². The van der Waals surface area contributed by atoms with Crippen LogP contribution >= 0.6 is 0 Å². The Kier molecular flexibility index (Phi) is 5.61. The molecule has 21 heavy (non-hydrogen) atoms. The summed E-state index contributed by atoms with van der Waals surface area (Å²) in [6, 6.07) is 5.17. The van der Waals surface area contributed by atoms with E-state index in [4.69, 9.17) is 4.74 Å². The fraction of sp³-hybridized carbons (Fsp3) is 0.600. The highest BCUT2D eigenvalue weighted by Gasteiger charge is 2.20. The van der Waals surface area contributed by atoms with Crippen LogP contribution in [0.25, 0.3) is 0 Å². The molecule has 0 bridgehead atoms. The molecule has 2 rings (SSSR count). The average Bonchev–Trinajstić information content (AvgIpc) is 2.48. The first-order valence-electron chi connectivity index (χ1n) is 7.38. The minimum atomic E-state index is -3.52.